The number of piperazine rings is 1. The number of carbonyl (C=O) groups excluding carboxylic acids is 2. The predicted molar refractivity (Wildman–Crippen MR) is 79.7 cm³/mol. The van der Waals surface area contributed by atoms with E-state index in [1.807, 2.05) is 0 Å². The summed E-state index contributed by atoms with van der Waals surface area (Å²) in [5.41, 5.74) is 0.424. The smallest absolute Gasteiger partial charge is 0.255 e. The predicted octanol–water partition coefficient (Wildman–Crippen LogP) is 2.52. The second-order valence-corrected chi connectivity index (χ2v) is 5.54. The van der Waals surface area contributed by atoms with Crippen molar-refractivity contribution in [2.75, 3.05) is 32.1 Å². The molecule has 0 atom stereocenters. The average Bonchev–Trinajstić information content (AvgIpc) is 2.46. The molecule has 0 aliphatic carbocycles. The van der Waals surface area contributed by atoms with Gasteiger partial charge in [-0.25, -0.2) is 0 Å². The van der Waals surface area contributed by atoms with Gasteiger partial charge in [0.15, 0.2) is 0 Å². The van der Waals surface area contributed by atoms with E-state index >= 15 is 0 Å². The van der Waals surface area contributed by atoms with Gasteiger partial charge < -0.3 is 9.80 Å². The van der Waals surface area contributed by atoms with Gasteiger partial charge in [0.1, 0.15) is 5.88 Å². The third kappa shape index (κ3) is 3.37. The van der Waals surface area contributed by atoms with Gasteiger partial charge in [-0.1, -0.05) is 23.2 Å². The minimum atomic E-state index is -0.148. The van der Waals surface area contributed by atoms with Crippen LogP contribution in [0.1, 0.15) is 10.4 Å². The zero-order chi connectivity index (χ0) is 14.7. The molecule has 2 amide bonds. The zero-order valence-corrected chi connectivity index (χ0v) is 12.9. The van der Waals surface area contributed by atoms with E-state index in [2.05, 4.69) is 0 Å². The van der Waals surface area contributed by atoms with Crippen LogP contribution in [0.25, 0.3) is 0 Å². The van der Waals surface area contributed by atoms with E-state index in [0.29, 0.717) is 41.8 Å². The standard InChI is InChI=1S/C13H13Cl3N2O2/c14-8-12(19)17-3-5-18(6-4-17)13(20)10-2-1-9(15)7-11(10)16/h1-2,7H,3-6,8H2. The van der Waals surface area contributed by atoms with Crippen molar-refractivity contribution in [2.24, 2.45) is 0 Å². The maximum Gasteiger partial charge on any atom is 0.255 e. The van der Waals surface area contributed by atoms with Gasteiger partial charge in [0, 0.05) is 31.2 Å². The van der Waals surface area contributed by atoms with Crippen molar-refractivity contribution in [3.8, 4) is 0 Å². The average molecular weight is 336 g/mol. The number of alkyl halides is 1. The molecule has 0 unspecified atom stereocenters. The van der Waals surface area contributed by atoms with Crippen molar-refractivity contribution in [3.63, 3.8) is 0 Å². The Hall–Kier alpha value is -0.970. The quantitative estimate of drug-likeness (QED) is 0.779. The monoisotopic (exact) mass is 334 g/mol. The second-order valence-electron chi connectivity index (χ2n) is 4.43. The van der Waals surface area contributed by atoms with E-state index < -0.39 is 0 Å². The molecule has 1 aromatic rings. The minimum Gasteiger partial charge on any atom is -0.338 e. The van der Waals surface area contributed by atoms with E-state index in [9.17, 15) is 9.59 Å². The molecule has 0 bridgehead atoms. The second kappa shape index (κ2) is 6.66. The number of hydrogen-bond donors (Lipinski definition) is 0. The fourth-order valence-electron chi connectivity index (χ4n) is 2.08. The molecule has 1 aliphatic heterocycles. The molecule has 2 rings (SSSR count). The Morgan fingerprint density at radius 1 is 1.05 bits per heavy atom. The lowest BCUT2D eigenvalue weighted by Gasteiger charge is -2.34. The van der Waals surface area contributed by atoms with Crippen LogP contribution in [0.4, 0.5) is 0 Å². The highest BCUT2D eigenvalue weighted by molar-refractivity contribution is 6.36. The number of amides is 2. The van der Waals surface area contributed by atoms with Crippen molar-refractivity contribution in [2.45, 2.75) is 0 Å². The molecule has 1 heterocycles. The van der Waals surface area contributed by atoms with Crippen LogP contribution in [0.2, 0.25) is 10.0 Å². The van der Waals surface area contributed by atoms with Crippen LogP contribution in [0.15, 0.2) is 18.2 Å². The lowest BCUT2D eigenvalue weighted by Crippen LogP contribution is -2.51. The first kappa shape index (κ1) is 15.4. The third-order valence-electron chi connectivity index (χ3n) is 3.20. The molecule has 20 heavy (non-hydrogen) atoms. The number of hydrogen-bond acceptors (Lipinski definition) is 2. The first-order valence-corrected chi connectivity index (χ1v) is 7.40. The van der Waals surface area contributed by atoms with Gasteiger partial charge in [-0.05, 0) is 18.2 Å². The summed E-state index contributed by atoms with van der Waals surface area (Å²) < 4.78 is 0. The third-order valence-corrected chi connectivity index (χ3v) is 3.97. The molecule has 108 valence electrons. The van der Waals surface area contributed by atoms with Gasteiger partial charge in [-0.2, -0.15) is 0 Å². The Kier molecular flexibility index (Phi) is 5.13. The molecular formula is C13H13Cl3N2O2. The molecular weight excluding hydrogens is 323 g/mol. The van der Waals surface area contributed by atoms with E-state index in [0.717, 1.165) is 0 Å². The highest BCUT2D eigenvalue weighted by atomic mass is 35.5. The number of halogens is 3. The highest BCUT2D eigenvalue weighted by Gasteiger charge is 2.25. The summed E-state index contributed by atoms with van der Waals surface area (Å²) in [7, 11) is 0. The van der Waals surface area contributed by atoms with Crippen molar-refractivity contribution < 1.29 is 9.59 Å². The summed E-state index contributed by atoms with van der Waals surface area (Å²) >= 11 is 17.4. The van der Waals surface area contributed by atoms with Gasteiger partial charge >= 0.3 is 0 Å². The Bertz CT molecular complexity index is 528. The molecule has 1 aromatic carbocycles. The molecule has 7 heteroatoms. The Balaban J connectivity index is 2.03. The van der Waals surface area contributed by atoms with E-state index in [1.54, 1.807) is 28.0 Å². The molecule has 1 saturated heterocycles. The first-order valence-electron chi connectivity index (χ1n) is 6.11. The fourth-order valence-corrected chi connectivity index (χ4v) is 2.74. The first-order chi connectivity index (χ1) is 9.52. The molecule has 0 spiro atoms. The van der Waals surface area contributed by atoms with E-state index in [4.69, 9.17) is 34.8 Å². The number of rotatable bonds is 2. The van der Waals surface area contributed by atoms with Gasteiger partial charge in [-0.3, -0.25) is 9.59 Å². The van der Waals surface area contributed by atoms with Crippen molar-refractivity contribution in [3.05, 3.63) is 33.8 Å². The maximum atomic E-state index is 12.3. The molecule has 4 nitrogen and oxygen atoms in total. The molecule has 0 radical (unpaired) electrons. The molecule has 0 aromatic heterocycles. The van der Waals surface area contributed by atoms with Crippen molar-refractivity contribution >= 4 is 46.6 Å². The lowest BCUT2D eigenvalue weighted by molar-refractivity contribution is -0.129. The van der Waals surface area contributed by atoms with Gasteiger partial charge in [0.05, 0.1) is 10.6 Å². The minimum absolute atomic E-state index is 0.0308. The van der Waals surface area contributed by atoms with Crippen LogP contribution in [0, 0.1) is 0 Å². The molecule has 1 aliphatic rings. The van der Waals surface area contributed by atoms with Crippen LogP contribution >= 0.6 is 34.8 Å². The zero-order valence-electron chi connectivity index (χ0n) is 10.6. The summed E-state index contributed by atoms with van der Waals surface area (Å²) in [4.78, 5) is 27.1. The summed E-state index contributed by atoms with van der Waals surface area (Å²) in [6.45, 7) is 1.92. The van der Waals surface area contributed by atoms with E-state index in [-0.39, 0.29) is 17.7 Å². The molecule has 0 N–H and O–H groups in total. The SMILES string of the molecule is O=C(CCl)N1CCN(C(=O)c2ccc(Cl)cc2Cl)CC1. The molecule has 0 saturated carbocycles. The van der Waals surface area contributed by atoms with Crippen LogP contribution in [-0.4, -0.2) is 53.7 Å². The lowest BCUT2D eigenvalue weighted by atomic mass is 10.2. The fraction of sp³-hybridized carbons (Fsp3) is 0.385. The largest absolute Gasteiger partial charge is 0.338 e. The number of carbonyl (C=O) groups is 2. The number of nitrogens with zero attached hydrogens (tertiary/aromatic N) is 2. The Morgan fingerprint density at radius 3 is 2.20 bits per heavy atom. The summed E-state index contributed by atoms with van der Waals surface area (Å²) in [6.07, 6.45) is 0. The van der Waals surface area contributed by atoms with Gasteiger partial charge in [0.25, 0.3) is 5.91 Å². The van der Waals surface area contributed by atoms with Gasteiger partial charge in [-0.15, -0.1) is 11.6 Å². The molecule has 1 fully saturated rings. The summed E-state index contributed by atoms with van der Waals surface area (Å²) in [6, 6.07) is 4.79. The topological polar surface area (TPSA) is 40.6 Å². The van der Waals surface area contributed by atoms with Crippen LogP contribution in [0.3, 0.4) is 0 Å². The highest BCUT2D eigenvalue weighted by Crippen LogP contribution is 2.22. The van der Waals surface area contributed by atoms with E-state index in [1.165, 1.54) is 0 Å². The normalized spacial score (nSPS) is 15.3. The van der Waals surface area contributed by atoms with Crippen LogP contribution in [-0.2, 0) is 4.79 Å². The summed E-state index contributed by atoms with van der Waals surface area (Å²) in [5.74, 6) is -0.287. The summed E-state index contributed by atoms with van der Waals surface area (Å²) in [5, 5.41) is 0.825. The van der Waals surface area contributed by atoms with Crippen LogP contribution < -0.4 is 0 Å². The van der Waals surface area contributed by atoms with Crippen LogP contribution in [0.5, 0.6) is 0 Å². The van der Waals surface area contributed by atoms with Crippen molar-refractivity contribution in [1.82, 2.24) is 9.80 Å². The number of benzene rings is 1. The maximum absolute atomic E-state index is 12.3. The van der Waals surface area contributed by atoms with Crippen molar-refractivity contribution in [1.29, 1.82) is 0 Å². The van der Waals surface area contributed by atoms with Gasteiger partial charge in [0.2, 0.25) is 5.91 Å². The Morgan fingerprint density at radius 2 is 1.65 bits per heavy atom. The Labute approximate surface area is 132 Å².